The van der Waals surface area contributed by atoms with Crippen molar-refractivity contribution in [3.05, 3.63) is 77.9 Å². The van der Waals surface area contributed by atoms with Crippen molar-refractivity contribution in [2.45, 2.75) is 75.7 Å². The molecule has 3 rings (SSSR count). The maximum absolute atomic E-state index is 13.9. The molecule has 0 heterocycles. The van der Waals surface area contributed by atoms with Crippen molar-refractivity contribution in [2.24, 2.45) is 38.7 Å². The van der Waals surface area contributed by atoms with Gasteiger partial charge in [-0.25, -0.2) is 4.79 Å². The van der Waals surface area contributed by atoms with Gasteiger partial charge in [0.15, 0.2) is 11.9 Å². The van der Waals surface area contributed by atoms with E-state index >= 15 is 0 Å². The Morgan fingerprint density at radius 3 is 1.78 bits per heavy atom. The lowest BCUT2D eigenvalue weighted by atomic mass is 10.00. The molecule has 0 aliphatic heterocycles. The Morgan fingerprint density at radius 2 is 1.16 bits per heavy atom. The van der Waals surface area contributed by atoms with Gasteiger partial charge in [-0.3, -0.25) is 29.2 Å². The van der Waals surface area contributed by atoms with Gasteiger partial charge in [0.25, 0.3) is 0 Å². The largest absolute Gasteiger partial charge is 0.508 e. The summed E-state index contributed by atoms with van der Waals surface area (Å²) >= 11 is 0. The molecule has 0 unspecified atom stereocenters. The van der Waals surface area contributed by atoms with Crippen LogP contribution in [0.5, 0.6) is 5.75 Å². The molecule has 55 heavy (non-hydrogen) atoms. The fourth-order valence-corrected chi connectivity index (χ4v) is 5.53. The van der Waals surface area contributed by atoms with E-state index in [-0.39, 0.29) is 62.9 Å². The Balaban J connectivity index is 1.81. The van der Waals surface area contributed by atoms with Crippen LogP contribution in [0, 0.1) is 0 Å². The fraction of sp³-hybridized carbons (Fsp3) is 0.378. The average molecular weight is 762 g/mol. The number of amides is 4. The van der Waals surface area contributed by atoms with E-state index in [1.165, 1.54) is 31.2 Å². The molecular formula is C37H51N11O7. The Bertz CT molecular complexity index is 1840. The Labute approximate surface area is 318 Å². The number of aromatic hydroxyl groups is 1. The average Bonchev–Trinajstić information content (AvgIpc) is 3.14. The zero-order valence-electron chi connectivity index (χ0n) is 30.6. The van der Waals surface area contributed by atoms with E-state index < -0.39 is 59.8 Å². The molecule has 0 radical (unpaired) electrons. The van der Waals surface area contributed by atoms with Crippen molar-refractivity contribution in [3.63, 3.8) is 0 Å². The SMILES string of the molecule is C[C@H](NC(=O)[C@H](Cc1ccc2ccccc2c1)NC(=O)[C@H](CCCN=C(N)N)NC(=O)[C@@H](N)CCCN=C(N)N)C(=O)N[C@@H](Cc1ccc(O)cc1)C(=O)O. The molecular weight excluding hydrogens is 710 g/mol. The summed E-state index contributed by atoms with van der Waals surface area (Å²) in [6.45, 7) is 1.79. The van der Waals surface area contributed by atoms with Gasteiger partial charge in [0.05, 0.1) is 6.04 Å². The summed E-state index contributed by atoms with van der Waals surface area (Å²) in [7, 11) is 0. The van der Waals surface area contributed by atoms with Crippen LogP contribution in [0.1, 0.15) is 43.7 Å². The molecule has 0 fully saturated rings. The zero-order chi connectivity index (χ0) is 40.5. The summed E-state index contributed by atoms with van der Waals surface area (Å²) in [5.74, 6) is -4.39. The van der Waals surface area contributed by atoms with E-state index in [0.717, 1.165) is 10.8 Å². The van der Waals surface area contributed by atoms with Gasteiger partial charge < -0.3 is 60.1 Å². The summed E-state index contributed by atoms with van der Waals surface area (Å²) in [5, 5.41) is 31.6. The molecule has 4 amide bonds. The van der Waals surface area contributed by atoms with Crippen LogP contribution in [0.15, 0.2) is 76.7 Å². The van der Waals surface area contributed by atoms with Gasteiger partial charge in [0.1, 0.15) is 29.9 Å². The quantitative estimate of drug-likeness (QED) is 0.0347. The zero-order valence-corrected chi connectivity index (χ0v) is 30.6. The monoisotopic (exact) mass is 761 g/mol. The van der Waals surface area contributed by atoms with E-state index in [4.69, 9.17) is 28.7 Å². The number of carbonyl (C=O) groups excluding carboxylic acids is 4. The van der Waals surface area contributed by atoms with Gasteiger partial charge in [0.2, 0.25) is 23.6 Å². The molecule has 18 heteroatoms. The molecule has 0 aromatic heterocycles. The summed E-state index contributed by atoms with van der Waals surface area (Å²) < 4.78 is 0. The van der Waals surface area contributed by atoms with Crippen LogP contribution in [0.25, 0.3) is 10.8 Å². The molecule has 0 aliphatic rings. The number of aliphatic carboxylic acids is 1. The molecule has 296 valence electrons. The molecule has 0 saturated carbocycles. The highest BCUT2D eigenvalue weighted by Gasteiger charge is 2.31. The Morgan fingerprint density at radius 1 is 0.636 bits per heavy atom. The molecule has 5 atom stereocenters. The van der Waals surface area contributed by atoms with E-state index in [1.807, 2.05) is 42.5 Å². The predicted octanol–water partition coefficient (Wildman–Crippen LogP) is -1.19. The highest BCUT2D eigenvalue weighted by atomic mass is 16.4. The minimum atomic E-state index is -1.34. The van der Waals surface area contributed by atoms with Gasteiger partial charge in [-0.05, 0) is 66.6 Å². The third kappa shape index (κ3) is 14.8. The smallest absolute Gasteiger partial charge is 0.326 e. The molecule has 18 nitrogen and oxygen atoms in total. The minimum Gasteiger partial charge on any atom is -0.508 e. The first-order chi connectivity index (χ1) is 26.1. The predicted molar refractivity (Wildman–Crippen MR) is 208 cm³/mol. The number of carboxylic acid groups (broad SMARTS) is 1. The van der Waals surface area contributed by atoms with E-state index in [1.54, 1.807) is 0 Å². The van der Waals surface area contributed by atoms with Crippen LogP contribution >= 0.6 is 0 Å². The number of fused-ring (bicyclic) bond motifs is 1. The van der Waals surface area contributed by atoms with E-state index in [0.29, 0.717) is 17.5 Å². The van der Waals surface area contributed by atoms with Crippen LogP contribution < -0.4 is 49.9 Å². The number of benzene rings is 3. The fourth-order valence-electron chi connectivity index (χ4n) is 5.53. The van der Waals surface area contributed by atoms with Gasteiger partial charge >= 0.3 is 5.97 Å². The Kier molecular flexibility index (Phi) is 16.7. The molecule has 0 saturated heterocycles. The van der Waals surface area contributed by atoms with Crippen molar-refractivity contribution in [1.29, 1.82) is 0 Å². The highest BCUT2D eigenvalue weighted by molar-refractivity contribution is 5.95. The number of carboxylic acids is 1. The van der Waals surface area contributed by atoms with Gasteiger partial charge in [-0.1, -0.05) is 54.6 Å². The number of aliphatic imine (C=N–C) groups is 2. The lowest BCUT2D eigenvalue weighted by Gasteiger charge is -2.26. The normalized spacial score (nSPS) is 13.6. The maximum atomic E-state index is 13.9. The summed E-state index contributed by atoms with van der Waals surface area (Å²) in [6, 6.07) is 13.0. The lowest BCUT2D eigenvalue weighted by Crippen LogP contribution is -2.58. The number of rotatable bonds is 21. The second kappa shape index (κ2) is 21.3. The minimum absolute atomic E-state index is 0.000502. The van der Waals surface area contributed by atoms with Crippen molar-refractivity contribution >= 4 is 52.3 Å². The maximum Gasteiger partial charge on any atom is 0.326 e. The number of phenols is 1. The van der Waals surface area contributed by atoms with Crippen LogP contribution in [0.4, 0.5) is 0 Å². The number of nitrogens with two attached hydrogens (primary N) is 5. The molecule has 16 N–H and O–H groups in total. The van der Waals surface area contributed by atoms with Gasteiger partial charge in [-0.2, -0.15) is 0 Å². The molecule has 3 aromatic rings. The molecule has 3 aromatic carbocycles. The van der Waals surface area contributed by atoms with Crippen LogP contribution in [0.2, 0.25) is 0 Å². The van der Waals surface area contributed by atoms with Crippen LogP contribution in [-0.4, -0.2) is 95.0 Å². The van der Waals surface area contributed by atoms with Crippen molar-refractivity contribution in [1.82, 2.24) is 21.3 Å². The standard InChI is InChI=1S/C37H51N11O7/c1-21(31(50)48-30(35(54)55)19-22-11-14-26(49)15-12-22)45-34(53)29(20-23-10-13-24-6-2-3-7-25(24)18-23)47-33(52)28(9-5-17-44-37(41)42)46-32(51)27(38)8-4-16-43-36(39)40/h2-3,6-7,10-15,18,21,27-30,49H,4-5,8-9,16-17,19-20,38H2,1H3,(H,45,53)(H,46,51)(H,47,52)(H,48,50)(H,54,55)(H4,39,40,43)(H4,41,42,44)/t21-,27-,28-,29-,30-/m0/s1. The first-order valence-electron chi connectivity index (χ1n) is 17.7. The van der Waals surface area contributed by atoms with Crippen LogP contribution in [-0.2, 0) is 36.8 Å². The van der Waals surface area contributed by atoms with E-state index in [2.05, 4.69) is 31.3 Å². The number of phenolic OH excluding ortho intramolecular Hbond substituents is 1. The highest BCUT2D eigenvalue weighted by Crippen LogP contribution is 2.17. The number of hydrogen-bond acceptors (Lipinski definition) is 9. The molecule has 0 bridgehead atoms. The number of carbonyl (C=O) groups is 5. The first-order valence-corrected chi connectivity index (χ1v) is 17.7. The number of guanidine groups is 2. The lowest BCUT2D eigenvalue weighted by molar-refractivity contribution is -0.142. The van der Waals surface area contributed by atoms with Crippen molar-refractivity contribution < 1.29 is 34.2 Å². The van der Waals surface area contributed by atoms with Crippen molar-refractivity contribution in [2.75, 3.05) is 13.1 Å². The second-order valence-electron chi connectivity index (χ2n) is 13.0. The Hall–Kier alpha value is -6.43. The summed E-state index contributed by atoms with van der Waals surface area (Å²) in [6.07, 6.45) is 0.889. The third-order valence-corrected chi connectivity index (χ3v) is 8.51. The first kappa shape index (κ1) is 43.0. The number of nitrogens with zero attached hydrogens (tertiary/aromatic N) is 2. The van der Waals surface area contributed by atoms with Gasteiger partial charge in [-0.15, -0.1) is 0 Å². The number of hydrogen-bond donors (Lipinski definition) is 11. The van der Waals surface area contributed by atoms with Crippen molar-refractivity contribution in [3.8, 4) is 5.75 Å². The topological polar surface area (TPSA) is 329 Å². The molecule has 0 spiro atoms. The summed E-state index contributed by atoms with van der Waals surface area (Å²) in [5.41, 5.74) is 28.9. The molecule has 0 aliphatic carbocycles. The summed E-state index contributed by atoms with van der Waals surface area (Å²) in [4.78, 5) is 73.8. The van der Waals surface area contributed by atoms with Crippen LogP contribution in [0.3, 0.4) is 0 Å². The van der Waals surface area contributed by atoms with E-state index in [9.17, 15) is 34.2 Å². The third-order valence-electron chi connectivity index (χ3n) is 8.51. The van der Waals surface area contributed by atoms with Gasteiger partial charge in [0, 0.05) is 25.9 Å². The number of nitrogens with one attached hydrogen (secondary N) is 4. The second-order valence-corrected chi connectivity index (χ2v) is 13.0.